The van der Waals surface area contributed by atoms with Crippen molar-refractivity contribution >= 4 is 12.1 Å². The van der Waals surface area contributed by atoms with Crippen LogP contribution in [-0.4, -0.2) is 64.8 Å². The van der Waals surface area contributed by atoms with Crippen molar-refractivity contribution in [1.29, 1.82) is 0 Å². The molecular formula is C43H45N5O4. The van der Waals surface area contributed by atoms with Crippen LogP contribution in [0.25, 0.3) is 0 Å². The zero-order chi connectivity index (χ0) is 35.5. The minimum absolute atomic E-state index is 0.0275. The molecule has 1 fully saturated rings. The molecule has 4 aliphatic rings. The van der Waals surface area contributed by atoms with Gasteiger partial charge in [0.2, 0.25) is 0 Å². The maximum atomic E-state index is 13.7. The molecule has 1 aliphatic carbocycles. The summed E-state index contributed by atoms with van der Waals surface area (Å²) >= 11 is 0. The fourth-order valence-electron chi connectivity index (χ4n) is 8.41. The predicted octanol–water partition coefficient (Wildman–Crippen LogP) is 6.65. The molecule has 1 saturated heterocycles. The molecular weight excluding hydrogens is 651 g/mol. The Bertz CT molecular complexity index is 1830. The van der Waals surface area contributed by atoms with E-state index in [0.29, 0.717) is 32.5 Å². The van der Waals surface area contributed by atoms with Gasteiger partial charge >= 0.3 is 12.1 Å². The highest BCUT2D eigenvalue weighted by atomic mass is 16.6. The van der Waals surface area contributed by atoms with Crippen LogP contribution in [0.15, 0.2) is 144 Å². The molecule has 1 amide bonds. The molecule has 0 aromatic heterocycles. The highest BCUT2D eigenvalue weighted by Gasteiger charge is 2.50. The Morgan fingerprint density at radius 2 is 1.31 bits per heavy atom. The highest BCUT2D eigenvalue weighted by Crippen LogP contribution is 2.47. The van der Waals surface area contributed by atoms with Gasteiger partial charge in [-0.05, 0) is 60.4 Å². The molecule has 9 nitrogen and oxygen atoms in total. The molecule has 52 heavy (non-hydrogen) atoms. The number of carbonyl (C=O) groups is 2. The minimum atomic E-state index is -0.671. The number of fused-ring (bicyclic) bond motifs is 2. The normalized spacial score (nSPS) is 20.5. The Kier molecular flexibility index (Phi) is 9.54. The van der Waals surface area contributed by atoms with E-state index in [1.807, 2.05) is 37.3 Å². The molecule has 0 radical (unpaired) electrons. The quantitative estimate of drug-likeness (QED) is 0.149. The van der Waals surface area contributed by atoms with Crippen LogP contribution in [-0.2, 0) is 26.4 Å². The first-order valence-corrected chi connectivity index (χ1v) is 18.4. The first-order chi connectivity index (χ1) is 25.6. The average molecular weight is 696 g/mol. The smallest absolute Gasteiger partial charge is 0.410 e. The minimum Gasteiger partial charge on any atom is -0.465 e. The number of likely N-dealkylation sites (tertiary alicyclic amines) is 1. The van der Waals surface area contributed by atoms with Gasteiger partial charge in [0.05, 0.1) is 18.3 Å². The SMILES string of the molecule is CCOC(=O)C1C2=C(NN1C1CCN(C(=O)OCc3ccccc3)CC1)C1=CN(C(c3ccccc3)(c3ccccc3)c3ccccc3)NC1CC2. The molecule has 3 aliphatic heterocycles. The molecule has 2 unspecified atom stereocenters. The summed E-state index contributed by atoms with van der Waals surface area (Å²) in [5.41, 5.74) is 14.6. The van der Waals surface area contributed by atoms with Crippen LogP contribution in [0, 0.1) is 0 Å². The lowest BCUT2D eigenvalue weighted by molar-refractivity contribution is -0.149. The number of hydrogen-bond acceptors (Lipinski definition) is 8. The molecule has 4 aromatic rings. The largest absolute Gasteiger partial charge is 0.465 e. The Hall–Kier alpha value is -5.38. The van der Waals surface area contributed by atoms with Gasteiger partial charge < -0.3 is 19.8 Å². The van der Waals surface area contributed by atoms with Gasteiger partial charge in [0.1, 0.15) is 12.1 Å². The Labute approximate surface area is 305 Å². The Morgan fingerprint density at radius 1 is 0.750 bits per heavy atom. The maximum Gasteiger partial charge on any atom is 0.410 e. The van der Waals surface area contributed by atoms with Crippen molar-refractivity contribution < 1.29 is 19.1 Å². The van der Waals surface area contributed by atoms with Crippen LogP contribution in [0.3, 0.4) is 0 Å². The van der Waals surface area contributed by atoms with Crippen molar-refractivity contribution in [2.45, 2.75) is 62.9 Å². The molecule has 0 spiro atoms. The molecule has 4 aromatic carbocycles. The number of benzene rings is 4. The summed E-state index contributed by atoms with van der Waals surface area (Å²) in [5.74, 6) is -0.237. The predicted molar refractivity (Wildman–Crippen MR) is 199 cm³/mol. The van der Waals surface area contributed by atoms with Gasteiger partial charge in [-0.1, -0.05) is 121 Å². The van der Waals surface area contributed by atoms with Crippen LogP contribution in [0.5, 0.6) is 0 Å². The van der Waals surface area contributed by atoms with Gasteiger partial charge in [0.25, 0.3) is 0 Å². The van der Waals surface area contributed by atoms with Crippen molar-refractivity contribution in [3.05, 3.63) is 167 Å². The van der Waals surface area contributed by atoms with E-state index in [4.69, 9.17) is 9.47 Å². The standard InChI is InChI=1S/C43H45N5O4/c1-2-51-41(49)40-36-23-24-38-37(39(36)45-48(40)35-25-27-46(28-26-35)42(50)52-30-31-15-7-3-8-16-31)29-47(44-38)43(32-17-9-4-10-18-32,33-19-11-5-12-20-33)34-21-13-6-14-22-34/h3-22,29,35,38,40,44-45H,2,23-28,30H2,1H3. The van der Waals surface area contributed by atoms with E-state index in [1.54, 1.807) is 4.90 Å². The van der Waals surface area contributed by atoms with Crippen molar-refractivity contribution in [3.8, 4) is 0 Å². The third kappa shape index (κ3) is 6.14. The third-order valence-corrected chi connectivity index (χ3v) is 10.9. The van der Waals surface area contributed by atoms with Crippen molar-refractivity contribution in [2.24, 2.45) is 0 Å². The summed E-state index contributed by atoms with van der Waals surface area (Å²) in [6, 6.07) is 41.2. The average Bonchev–Trinajstić information content (AvgIpc) is 3.82. The van der Waals surface area contributed by atoms with Crippen LogP contribution < -0.4 is 10.9 Å². The van der Waals surface area contributed by atoms with E-state index < -0.39 is 11.6 Å². The lowest BCUT2D eigenvalue weighted by atomic mass is 9.76. The van der Waals surface area contributed by atoms with E-state index in [1.165, 1.54) is 0 Å². The number of esters is 1. The second-order valence-electron chi connectivity index (χ2n) is 13.8. The lowest BCUT2D eigenvalue weighted by Gasteiger charge is -2.44. The zero-order valence-corrected chi connectivity index (χ0v) is 29.5. The lowest BCUT2D eigenvalue weighted by Crippen LogP contribution is -2.54. The summed E-state index contributed by atoms with van der Waals surface area (Å²) < 4.78 is 11.3. The molecule has 9 heteroatoms. The molecule has 2 N–H and O–H groups in total. The number of hydrogen-bond donors (Lipinski definition) is 2. The van der Waals surface area contributed by atoms with Gasteiger partial charge in [0.15, 0.2) is 6.04 Å². The summed E-state index contributed by atoms with van der Waals surface area (Å²) in [7, 11) is 0. The monoisotopic (exact) mass is 695 g/mol. The third-order valence-electron chi connectivity index (χ3n) is 10.9. The Balaban J connectivity index is 1.09. The number of nitrogens with zero attached hydrogens (tertiary/aromatic N) is 3. The second kappa shape index (κ2) is 14.7. The molecule has 8 rings (SSSR count). The number of hydrazine groups is 2. The van der Waals surface area contributed by atoms with Crippen LogP contribution in [0.1, 0.15) is 54.9 Å². The number of rotatable bonds is 9. The number of nitrogens with one attached hydrogen (secondary N) is 2. The summed E-state index contributed by atoms with van der Waals surface area (Å²) in [5, 5.41) is 4.40. The summed E-state index contributed by atoms with van der Waals surface area (Å²) in [4.78, 5) is 28.5. The molecule has 3 heterocycles. The van der Waals surface area contributed by atoms with Crippen molar-refractivity contribution in [2.75, 3.05) is 19.7 Å². The molecule has 0 bridgehead atoms. The van der Waals surface area contributed by atoms with Crippen LogP contribution >= 0.6 is 0 Å². The van der Waals surface area contributed by atoms with E-state index in [2.05, 4.69) is 118 Å². The van der Waals surface area contributed by atoms with Gasteiger partial charge in [-0.2, -0.15) is 0 Å². The van der Waals surface area contributed by atoms with Gasteiger partial charge in [0, 0.05) is 30.9 Å². The second-order valence-corrected chi connectivity index (χ2v) is 13.8. The van der Waals surface area contributed by atoms with Crippen molar-refractivity contribution in [1.82, 2.24) is 25.8 Å². The molecule has 2 atom stereocenters. The molecule has 0 saturated carbocycles. The van der Waals surface area contributed by atoms with Gasteiger partial charge in [-0.25, -0.2) is 20.0 Å². The Morgan fingerprint density at radius 3 is 1.87 bits per heavy atom. The van der Waals surface area contributed by atoms with Crippen molar-refractivity contribution in [3.63, 3.8) is 0 Å². The summed E-state index contributed by atoms with van der Waals surface area (Å²) in [6.45, 7) is 3.51. The van der Waals surface area contributed by atoms with Crippen LogP contribution in [0.4, 0.5) is 4.79 Å². The molecule has 266 valence electrons. The zero-order valence-electron chi connectivity index (χ0n) is 29.5. The first-order valence-electron chi connectivity index (χ1n) is 18.4. The summed E-state index contributed by atoms with van der Waals surface area (Å²) in [6.07, 6.45) is 4.94. The van der Waals surface area contributed by atoms with Gasteiger partial charge in [-0.15, -0.1) is 0 Å². The fraction of sp³-hybridized carbons (Fsp3) is 0.302. The van der Waals surface area contributed by atoms with Crippen LogP contribution in [0.2, 0.25) is 0 Å². The first kappa shape index (κ1) is 33.7. The van der Waals surface area contributed by atoms with E-state index in [9.17, 15) is 9.59 Å². The fourth-order valence-corrected chi connectivity index (χ4v) is 8.41. The van der Waals surface area contributed by atoms with Gasteiger partial charge in [-0.3, -0.25) is 5.01 Å². The number of carbonyl (C=O) groups excluding carboxylic acids is 2. The maximum absolute atomic E-state index is 13.7. The van der Waals surface area contributed by atoms with E-state index in [0.717, 1.165) is 51.9 Å². The number of ether oxygens (including phenoxy) is 2. The highest BCUT2D eigenvalue weighted by molar-refractivity contribution is 5.81. The van der Waals surface area contributed by atoms with E-state index >= 15 is 0 Å². The topological polar surface area (TPSA) is 86.4 Å². The number of amides is 1. The van der Waals surface area contributed by atoms with E-state index in [-0.39, 0.29) is 30.8 Å². The number of piperidine rings is 1.